The average molecular weight is 625 g/mol. The predicted octanol–water partition coefficient (Wildman–Crippen LogP) is 3.31. The number of methoxy groups -OCH3 is 2. The van der Waals surface area contributed by atoms with Crippen molar-refractivity contribution in [2.45, 2.75) is 62.0 Å². The number of hydrogen-bond donors (Lipinski definition) is 1. The van der Waals surface area contributed by atoms with E-state index < -0.39 is 28.4 Å². The Balaban J connectivity index is 0.000000223. The Morgan fingerprint density at radius 1 is 0.750 bits per heavy atom. The van der Waals surface area contributed by atoms with E-state index in [0.29, 0.717) is 32.6 Å². The van der Waals surface area contributed by atoms with E-state index in [2.05, 4.69) is 0 Å². The number of benzene rings is 3. The number of nitrogens with zero attached hydrogens (tertiary/aromatic N) is 2. The molecule has 11 heteroatoms. The van der Waals surface area contributed by atoms with Crippen LogP contribution >= 0.6 is 0 Å². The molecule has 2 heterocycles. The maximum atomic E-state index is 12.6. The topological polar surface area (TPSA) is 123 Å². The van der Waals surface area contributed by atoms with Crippen molar-refractivity contribution in [2.75, 3.05) is 27.3 Å². The highest BCUT2D eigenvalue weighted by Crippen LogP contribution is 2.27. The van der Waals surface area contributed by atoms with Crippen molar-refractivity contribution in [3.63, 3.8) is 0 Å². The van der Waals surface area contributed by atoms with Gasteiger partial charge in [-0.15, -0.1) is 0 Å². The highest BCUT2D eigenvalue weighted by molar-refractivity contribution is 7.86. The summed E-state index contributed by atoms with van der Waals surface area (Å²) in [5.41, 5.74) is 3.14. The second-order valence-corrected chi connectivity index (χ2v) is 12.6. The highest BCUT2D eigenvalue weighted by Gasteiger charge is 2.40. The summed E-state index contributed by atoms with van der Waals surface area (Å²) in [6, 6.07) is 25.3. The molecule has 3 aromatic carbocycles. The Bertz CT molecular complexity index is 1470. The minimum atomic E-state index is -3.89. The molecule has 2 aliphatic rings. The molecule has 1 N–H and O–H groups in total. The molecule has 0 unspecified atom stereocenters. The number of hydrogen-bond acceptors (Lipinski definition) is 10. The van der Waals surface area contributed by atoms with Gasteiger partial charge < -0.3 is 14.6 Å². The number of β-amino-alcohol motifs (C(OH)–C–C–N with tert-alkyl or cyclic N) is 1. The van der Waals surface area contributed by atoms with Gasteiger partial charge in [-0.2, -0.15) is 8.42 Å². The van der Waals surface area contributed by atoms with Crippen molar-refractivity contribution in [1.29, 1.82) is 0 Å². The summed E-state index contributed by atoms with van der Waals surface area (Å²) in [5, 5.41) is 9.64. The van der Waals surface area contributed by atoms with Gasteiger partial charge in [0.05, 0.1) is 31.3 Å². The Kier molecular flexibility index (Phi) is 11.7. The maximum Gasteiger partial charge on any atom is 0.323 e. The predicted molar refractivity (Wildman–Crippen MR) is 164 cm³/mol. The van der Waals surface area contributed by atoms with Crippen LogP contribution in [0.15, 0.2) is 89.8 Å². The first-order chi connectivity index (χ1) is 21.1. The lowest BCUT2D eigenvalue weighted by Gasteiger charge is -2.21. The molecular formula is C33H40N2O8S. The second-order valence-electron chi connectivity index (χ2n) is 11.0. The number of aliphatic hydroxyl groups is 1. The zero-order valence-electron chi connectivity index (χ0n) is 25.2. The molecule has 3 aromatic rings. The van der Waals surface area contributed by atoms with Crippen molar-refractivity contribution in [3.05, 3.63) is 102 Å². The molecule has 0 saturated carbocycles. The fourth-order valence-electron chi connectivity index (χ4n) is 5.50. The molecule has 4 atom stereocenters. The molecule has 0 spiro atoms. The van der Waals surface area contributed by atoms with Crippen molar-refractivity contribution in [2.24, 2.45) is 0 Å². The lowest BCUT2D eigenvalue weighted by molar-refractivity contribution is -0.146. The summed E-state index contributed by atoms with van der Waals surface area (Å²) < 4.78 is 40.2. The van der Waals surface area contributed by atoms with Crippen LogP contribution < -0.4 is 0 Å². The first-order valence-electron chi connectivity index (χ1n) is 14.5. The van der Waals surface area contributed by atoms with E-state index in [1.165, 1.54) is 26.4 Å². The molecule has 10 nitrogen and oxygen atoms in total. The SMILES string of the molecule is COC(=O)[C@@H]1C[C@@H](O)CN1Cc1ccccc1.COC(=O)[C@@H]1C[C@@H](OS(=O)(=O)c2ccc(C)cc2)CN1Cc1ccccc1. The number of carbonyl (C=O) groups excluding carboxylic acids is 2. The number of aliphatic hydroxyl groups excluding tert-OH is 1. The molecule has 236 valence electrons. The number of likely N-dealkylation sites (tertiary alicyclic amines) is 2. The molecule has 0 radical (unpaired) electrons. The smallest absolute Gasteiger partial charge is 0.323 e. The van der Waals surface area contributed by atoms with Gasteiger partial charge in [-0.1, -0.05) is 78.4 Å². The summed E-state index contributed by atoms with van der Waals surface area (Å²) in [5.74, 6) is -0.651. The molecule has 5 rings (SSSR count). The number of carbonyl (C=O) groups is 2. The molecule has 2 aliphatic heterocycles. The minimum absolute atomic E-state index is 0.115. The van der Waals surface area contributed by atoms with Crippen LogP contribution in [0.5, 0.6) is 0 Å². The van der Waals surface area contributed by atoms with Crippen LogP contribution in [0.2, 0.25) is 0 Å². The van der Waals surface area contributed by atoms with Crippen LogP contribution in [-0.4, -0.2) is 86.9 Å². The lowest BCUT2D eigenvalue weighted by atomic mass is 10.2. The third-order valence-electron chi connectivity index (χ3n) is 7.72. The summed E-state index contributed by atoms with van der Waals surface area (Å²) in [6.07, 6.45) is -0.323. The van der Waals surface area contributed by atoms with E-state index in [9.17, 15) is 23.1 Å². The Labute approximate surface area is 259 Å². The maximum absolute atomic E-state index is 12.6. The quantitative estimate of drug-likeness (QED) is 0.280. The number of esters is 2. The largest absolute Gasteiger partial charge is 0.468 e. The molecule has 0 aliphatic carbocycles. The van der Waals surface area contributed by atoms with Gasteiger partial charge >= 0.3 is 11.9 Å². The van der Waals surface area contributed by atoms with Crippen molar-refractivity contribution < 1.29 is 36.8 Å². The van der Waals surface area contributed by atoms with Crippen LogP contribution in [0.3, 0.4) is 0 Å². The Morgan fingerprint density at radius 2 is 1.23 bits per heavy atom. The average Bonchev–Trinajstić information content (AvgIpc) is 3.59. The molecule has 0 bridgehead atoms. The van der Waals surface area contributed by atoms with E-state index in [0.717, 1.165) is 16.7 Å². The van der Waals surface area contributed by atoms with Gasteiger partial charge in [0.1, 0.15) is 12.1 Å². The van der Waals surface area contributed by atoms with Crippen LogP contribution in [0.1, 0.15) is 29.5 Å². The van der Waals surface area contributed by atoms with Gasteiger partial charge in [0.25, 0.3) is 10.1 Å². The summed E-state index contributed by atoms with van der Waals surface area (Å²) >= 11 is 0. The van der Waals surface area contributed by atoms with Crippen LogP contribution in [-0.2, 0) is 46.5 Å². The van der Waals surface area contributed by atoms with Gasteiger partial charge in [-0.25, -0.2) is 0 Å². The third kappa shape index (κ3) is 8.96. The normalized spacial score (nSPS) is 22.2. The van der Waals surface area contributed by atoms with E-state index in [4.69, 9.17) is 13.7 Å². The third-order valence-corrected chi connectivity index (χ3v) is 9.10. The van der Waals surface area contributed by atoms with Gasteiger partial charge in [0.2, 0.25) is 0 Å². The van der Waals surface area contributed by atoms with E-state index in [1.54, 1.807) is 12.1 Å². The van der Waals surface area contributed by atoms with Gasteiger partial charge in [-0.05, 0) is 30.2 Å². The monoisotopic (exact) mass is 624 g/mol. The summed E-state index contributed by atoms with van der Waals surface area (Å²) in [7, 11) is -1.18. The minimum Gasteiger partial charge on any atom is -0.468 e. The summed E-state index contributed by atoms with van der Waals surface area (Å²) in [4.78, 5) is 27.7. The van der Waals surface area contributed by atoms with Crippen molar-refractivity contribution in [3.8, 4) is 0 Å². The molecule has 0 aromatic heterocycles. The molecular weight excluding hydrogens is 584 g/mol. The zero-order chi connectivity index (χ0) is 31.7. The Hall–Kier alpha value is -3.61. The number of rotatable bonds is 9. The van der Waals surface area contributed by atoms with Gasteiger partial charge in [0.15, 0.2) is 0 Å². The first-order valence-corrected chi connectivity index (χ1v) is 15.9. The zero-order valence-corrected chi connectivity index (χ0v) is 26.1. The first kappa shape index (κ1) is 33.3. The highest BCUT2D eigenvalue weighted by atomic mass is 32.2. The Morgan fingerprint density at radius 3 is 1.73 bits per heavy atom. The van der Waals surface area contributed by atoms with Crippen LogP contribution in [0.4, 0.5) is 0 Å². The number of aryl methyl sites for hydroxylation is 1. The van der Waals surface area contributed by atoms with Gasteiger partial charge in [-0.3, -0.25) is 23.6 Å². The lowest BCUT2D eigenvalue weighted by Crippen LogP contribution is -2.36. The van der Waals surface area contributed by atoms with E-state index in [1.807, 2.05) is 77.4 Å². The van der Waals surface area contributed by atoms with E-state index in [-0.39, 0.29) is 29.3 Å². The van der Waals surface area contributed by atoms with Gasteiger partial charge in [0, 0.05) is 39.0 Å². The van der Waals surface area contributed by atoms with Crippen molar-refractivity contribution >= 4 is 22.1 Å². The van der Waals surface area contributed by atoms with Crippen molar-refractivity contribution in [1.82, 2.24) is 9.80 Å². The molecule has 2 saturated heterocycles. The van der Waals surface area contributed by atoms with Crippen LogP contribution in [0, 0.1) is 6.92 Å². The number of ether oxygens (including phenoxy) is 2. The fourth-order valence-corrected chi connectivity index (χ4v) is 6.58. The van der Waals surface area contributed by atoms with Crippen LogP contribution in [0.25, 0.3) is 0 Å². The fraction of sp³-hybridized carbons (Fsp3) is 0.394. The molecule has 2 fully saturated rings. The molecule has 44 heavy (non-hydrogen) atoms. The summed E-state index contributed by atoms with van der Waals surface area (Å²) in [6.45, 7) is 3.92. The standard InChI is InChI=1S/C20H23NO5S.C13H17NO3/c1-15-8-10-18(11-9-15)27(23,24)26-17-12-19(20(22)25-2)21(14-17)13-16-6-4-3-5-7-16;1-17-13(16)12-7-11(15)9-14(12)8-10-5-3-2-4-6-10/h3-11,17,19H,12-14H2,1-2H3;2-6,11-12,15H,7-9H2,1H3/t17-,19+;11-,12+/m11/s1. The molecule has 0 amide bonds. The second kappa shape index (κ2) is 15.4. The van der Waals surface area contributed by atoms with E-state index >= 15 is 0 Å².